The summed E-state index contributed by atoms with van der Waals surface area (Å²) in [4.78, 5) is 27.3. The SMILES string of the molecule is CN1CCCC(N(C)C(=O)c2cccc(C(=O)O)c2)C1. The molecule has 1 amide bonds. The minimum Gasteiger partial charge on any atom is -0.478 e. The van der Waals surface area contributed by atoms with E-state index in [0.717, 1.165) is 25.9 Å². The highest BCUT2D eigenvalue weighted by atomic mass is 16.4. The van der Waals surface area contributed by atoms with Gasteiger partial charge in [-0.05, 0) is 44.6 Å². The maximum Gasteiger partial charge on any atom is 0.335 e. The number of benzene rings is 1. The first-order valence-corrected chi connectivity index (χ1v) is 6.78. The summed E-state index contributed by atoms with van der Waals surface area (Å²) in [7, 11) is 3.84. The van der Waals surface area contributed by atoms with E-state index in [1.54, 1.807) is 24.1 Å². The van der Waals surface area contributed by atoms with Gasteiger partial charge >= 0.3 is 5.97 Å². The number of likely N-dealkylation sites (N-methyl/N-ethyl adjacent to an activating group) is 2. The average Bonchev–Trinajstić information content (AvgIpc) is 2.45. The van der Waals surface area contributed by atoms with Crippen molar-refractivity contribution in [2.45, 2.75) is 18.9 Å². The van der Waals surface area contributed by atoms with Crippen LogP contribution in [0.2, 0.25) is 0 Å². The van der Waals surface area contributed by atoms with Gasteiger partial charge in [0.2, 0.25) is 0 Å². The monoisotopic (exact) mass is 276 g/mol. The molecule has 5 nitrogen and oxygen atoms in total. The fourth-order valence-electron chi connectivity index (χ4n) is 2.61. The zero-order valence-electron chi connectivity index (χ0n) is 11.9. The van der Waals surface area contributed by atoms with Crippen molar-refractivity contribution in [3.8, 4) is 0 Å². The molecule has 0 aromatic heterocycles. The van der Waals surface area contributed by atoms with Crippen LogP contribution in [-0.4, -0.2) is 60.0 Å². The van der Waals surface area contributed by atoms with Crippen LogP contribution in [0.3, 0.4) is 0 Å². The number of aromatic carboxylic acids is 1. The predicted octanol–water partition coefficient (Wildman–Crippen LogP) is 1.55. The van der Waals surface area contributed by atoms with E-state index in [2.05, 4.69) is 11.9 Å². The fourth-order valence-corrected chi connectivity index (χ4v) is 2.61. The molecule has 1 saturated heterocycles. The lowest BCUT2D eigenvalue weighted by molar-refractivity contribution is 0.0644. The second-order valence-corrected chi connectivity index (χ2v) is 5.36. The molecule has 0 aliphatic carbocycles. The Bertz CT molecular complexity index is 516. The number of hydrogen-bond donors (Lipinski definition) is 1. The Morgan fingerprint density at radius 3 is 2.70 bits per heavy atom. The summed E-state index contributed by atoms with van der Waals surface area (Å²) in [5.74, 6) is -1.13. The van der Waals surface area contributed by atoms with Crippen molar-refractivity contribution in [1.82, 2.24) is 9.80 Å². The number of carbonyl (C=O) groups excluding carboxylic acids is 1. The predicted molar refractivity (Wildman–Crippen MR) is 76.0 cm³/mol. The molecule has 0 saturated carbocycles. The van der Waals surface area contributed by atoms with E-state index in [9.17, 15) is 9.59 Å². The molecule has 5 heteroatoms. The zero-order chi connectivity index (χ0) is 14.7. The largest absolute Gasteiger partial charge is 0.478 e. The Labute approximate surface area is 118 Å². The van der Waals surface area contributed by atoms with Gasteiger partial charge in [0.25, 0.3) is 5.91 Å². The van der Waals surface area contributed by atoms with Crippen molar-refractivity contribution in [3.63, 3.8) is 0 Å². The maximum absolute atomic E-state index is 12.4. The Balaban J connectivity index is 2.13. The number of hydrogen-bond acceptors (Lipinski definition) is 3. The minimum atomic E-state index is -1.01. The van der Waals surface area contributed by atoms with Gasteiger partial charge in [-0.25, -0.2) is 4.79 Å². The quantitative estimate of drug-likeness (QED) is 0.910. The van der Waals surface area contributed by atoms with Crippen LogP contribution in [-0.2, 0) is 0 Å². The molecule has 1 aliphatic heterocycles. The van der Waals surface area contributed by atoms with Crippen molar-refractivity contribution in [3.05, 3.63) is 35.4 Å². The third-order valence-electron chi connectivity index (χ3n) is 3.82. The highest BCUT2D eigenvalue weighted by Gasteiger charge is 2.25. The molecule has 108 valence electrons. The second-order valence-electron chi connectivity index (χ2n) is 5.36. The molecule has 1 aliphatic rings. The standard InChI is InChI=1S/C15H20N2O3/c1-16-8-4-7-13(10-16)17(2)14(18)11-5-3-6-12(9-11)15(19)20/h3,5-6,9,13H,4,7-8,10H2,1-2H3,(H,19,20). The van der Waals surface area contributed by atoms with Crippen LogP contribution in [0.4, 0.5) is 0 Å². The molecule has 0 spiro atoms. The molecule has 1 unspecified atom stereocenters. The number of carboxylic acid groups (broad SMARTS) is 1. The molecule has 1 aromatic carbocycles. The highest BCUT2D eigenvalue weighted by molar-refractivity contribution is 5.97. The molecule has 1 N–H and O–H groups in total. The molecule has 2 rings (SSSR count). The van der Waals surface area contributed by atoms with E-state index in [-0.39, 0.29) is 17.5 Å². The summed E-state index contributed by atoms with van der Waals surface area (Å²) in [6, 6.07) is 6.39. The first kappa shape index (κ1) is 14.5. The summed E-state index contributed by atoms with van der Waals surface area (Å²) < 4.78 is 0. The van der Waals surface area contributed by atoms with Gasteiger partial charge in [0.1, 0.15) is 0 Å². The molecule has 20 heavy (non-hydrogen) atoms. The third-order valence-corrected chi connectivity index (χ3v) is 3.82. The van der Waals surface area contributed by atoms with Crippen LogP contribution < -0.4 is 0 Å². The van der Waals surface area contributed by atoms with Gasteiger partial charge in [0.05, 0.1) is 5.56 Å². The molecule has 1 heterocycles. The normalized spacial score (nSPS) is 19.6. The average molecular weight is 276 g/mol. The zero-order valence-corrected chi connectivity index (χ0v) is 11.9. The molecular formula is C15H20N2O3. The first-order valence-electron chi connectivity index (χ1n) is 6.78. The summed E-state index contributed by atoms with van der Waals surface area (Å²) in [6.45, 7) is 1.92. The van der Waals surface area contributed by atoms with E-state index in [1.165, 1.54) is 12.1 Å². The number of carbonyl (C=O) groups is 2. The number of nitrogens with zero attached hydrogens (tertiary/aromatic N) is 2. The summed E-state index contributed by atoms with van der Waals surface area (Å²) in [5, 5.41) is 8.98. The van der Waals surface area contributed by atoms with Crippen LogP contribution in [0.15, 0.2) is 24.3 Å². The smallest absolute Gasteiger partial charge is 0.335 e. The first-order chi connectivity index (χ1) is 9.49. The van der Waals surface area contributed by atoms with Crippen LogP contribution in [0, 0.1) is 0 Å². The molecule has 1 atom stereocenters. The van der Waals surface area contributed by atoms with E-state index >= 15 is 0 Å². The number of likely N-dealkylation sites (tertiary alicyclic amines) is 1. The van der Waals surface area contributed by atoms with Gasteiger partial charge in [-0.1, -0.05) is 6.07 Å². The number of piperidine rings is 1. The Morgan fingerprint density at radius 1 is 1.35 bits per heavy atom. The highest BCUT2D eigenvalue weighted by Crippen LogP contribution is 2.16. The van der Waals surface area contributed by atoms with E-state index in [1.807, 2.05) is 0 Å². The van der Waals surface area contributed by atoms with Crippen LogP contribution in [0.5, 0.6) is 0 Å². The minimum absolute atomic E-state index is 0.117. The Morgan fingerprint density at radius 2 is 2.05 bits per heavy atom. The maximum atomic E-state index is 12.4. The van der Waals surface area contributed by atoms with E-state index < -0.39 is 5.97 Å². The van der Waals surface area contributed by atoms with E-state index in [0.29, 0.717) is 5.56 Å². The summed E-state index contributed by atoms with van der Waals surface area (Å²) >= 11 is 0. The van der Waals surface area contributed by atoms with Gasteiger partial charge in [-0.3, -0.25) is 4.79 Å². The van der Waals surface area contributed by atoms with Crippen molar-refractivity contribution >= 4 is 11.9 Å². The molecule has 0 radical (unpaired) electrons. The van der Waals surface area contributed by atoms with Crippen molar-refractivity contribution in [1.29, 1.82) is 0 Å². The van der Waals surface area contributed by atoms with Gasteiger partial charge in [0.15, 0.2) is 0 Å². The lowest BCUT2D eigenvalue weighted by Gasteiger charge is -2.35. The van der Waals surface area contributed by atoms with Gasteiger partial charge in [0, 0.05) is 25.2 Å². The topological polar surface area (TPSA) is 60.9 Å². The van der Waals surface area contributed by atoms with Crippen molar-refractivity contribution in [2.75, 3.05) is 27.2 Å². The number of rotatable bonds is 3. The van der Waals surface area contributed by atoms with Crippen LogP contribution >= 0.6 is 0 Å². The van der Waals surface area contributed by atoms with Crippen molar-refractivity contribution < 1.29 is 14.7 Å². The molecule has 1 aromatic rings. The number of amides is 1. The Hall–Kier alpha value is -1.88. The lowest BCUT2D eigenvalue weighted by atomic mass is 10.0. The van der Waals surface area contributed by atoms with Crippen LogP contribution in [0.25, 0.3) is 0 Å². The number of carboxylic acids is 1. The lowest BCUT2D eigenvalue weighted by Crippen LogP contribution is -2.47. The van der Waals surface area contributed by atoms with Gasteiger partial charge in [-0.2, -0.15) is 0 Å². The van der Waals surface area contributed by atoms with Gasteiger partial charge < -0.3 is 14.9 Å². The summed E-state index contributed by atoms with van der Waals surface area (Å²) in [5.41, 5.74) is 0.575. The van der Waals surface area contributed by atoms with Crippen LogP contribution in [0.1, 0.15) is 33.6 Å². The molecular weight excluding hydrogens is 256 g/mol. The van der Waals surface area contributed by atoms with Gasteiger partial charge in [-0.15, -0.1) is 0 Å². The fraction of sp³-hybridized carbons (Fsp3) is 0.467. The summed E-state index contributed by atoms with van der Waals surface area (Å²) in [6.07, 6.45) is 2.07. The second kappa shape index (κ2) is 6.05. The van der Waals surface area contributed by atoms with E-state index in [4.69, 9.17) is 5.11 Å². The third kappa shape index (κ3) is 3.17. The Kier molecular flexibility index (Phi) is 4.39. The van der Waals surface area contributed by atoms with Crippen molar-refractivity contribution in [2.24, 2.45) is 0 Å². The molecule has 1 fully saturated rings. The molecule has 0 bridgehead atoms.